The molecule has 1 aliphatic heterocycles. The highest BCUT2D eigenvalue weighted by molar-refractivity contribution is 5.90. The second-order valence-electron chi connectivity index (χ2n) is 5.19. The molecule has 2 rings (SSSR count). The van der Waals surface area contributed by atoms with Gasteiger partial charge in [-0.3, -0.25) is 14.3 Å². The zero-order chi connectivity index (χ0) is 14.4. The monoisotopic (exact) mass is 279 g/mol. The summed E-state index contributed by atoms with van der Waals surface area (Å²) in [5.41, 5.74) is 5.67. The van der Waals surface area contributed by atoms with E-state index < -0.39 is 5.91 Å². The van der Waals surface area contributed by atoms with E-state index >= 15 is 0 Å². The molecule has 20 heavy (non-hydrogen) atoms. The summed E-state index contributed by atoms with van der Waals surface area (Å²) in [5, 5.41) is 10.1. The van der Waals surface area contributed by atoms with Gasteiger partial charge in [0.05, 0.1) is 11.9 Å². The van der Waals surface area contributed by atoms with Crippen molar-refractivity contribution in [2.45, 2.75) is 32.2 Å². The van der Waals surface area contributed by atoms with E-state index in [1.54, 1.807) is 6.20 Å². The molecule has 1 atom stereocenters. The summed E-state index contributed by atoms with van der Waals surface area (Å²) in [5.74, 6) is 0.108. The normalized spacial score (nSPS) is 18.7. The first kappa shape index (κ1) is 14.5. The Balaban J connectivity index is 1.73. The van der Waals surface area contributed by atoms with E-state index in [1.165, 1.54) is 23.7 Å². The van der Waals surface area contributed by atoms with Crippen LogP contribution >= 0.6 is 0 Å². The van der Waals surface area contributed by atoms with Gasteiger partial charge < -0.3 is 16.4 Å². The van der Waals surface area contributed by atoms with E-state index in [0.29, 0.717) is 18.0 Å². The predicted octanol–water partition coefficient (Wildman–Crippen LogP) is 0.0867. The number of hydrogen-bond donors (Lipinski definition) is 3. The topological polar surface area (TPSA) is 102 Å². The van der Waals surface area contributed by atoms with Gasteiger partial charge in [-0.2, -0.15) is 5.10 Å². The second-order valence-corrected chi connectivity index (χ2v) is 5.19. The van der Waals surface area contributed by atoms with Crippen molar-refractivity contribution in [2.75, 3.05) is 18.4 Å². The van der Waals surface area contributed by atoms with Gasteiger partial charge >= 0.3 is 0 Å². The smallest absolute Gasteiger partial charge is 0.239 e. The minimum absolute atomic E-state index is 0.0175. The summed E-state index contributed by atoms with van der Waals surface area (Å²) in [6.45, 7) is 2.11. The molecule has 0 spiro atoms. The molecule has 2 amide bonds. The Bertz CT molecular complexity index is 465. The molecule has 0 aromatic carbocycles. The van der Waals surface area contributed by atoms with Crippen LogP contribution in [-0.4, -0.2) is 34.7 Å². The molecule has 4 N–H and O–H groups in total. The first-order valence-electron chi connectivity index (χ1n) is 6.95. The molecule has 1 fully saturated rings. The first-order valence-corrected chi connectivity index (χ1v) is 6.95. The number of anilines is 1. The number of hydrogen-bond acceptors (Lipinski definition) is 4. The van der Waals surface area contributed by atoms with Crippen molar-refractivity contribution in [3.8, 4) is 0 Å². The Morgan fingerprint density at radius 3 is 3.10 bits per heavy atom. The van der Waals surface area contributed by atoms with E-state index in [4.69, 9.17) is 5.73 Å². The molecule has 1 aromatic rings. The van der Waals surface area contributed by atoms with E-state index in [2.05, 4.69) is 15.7 Å². The summed E-state index contributed by atoms with van der Waals surface area (Å²) in [4.78, 5) is 22.6. The largest absolute Gasteiger partial charge is 0.368 e. The van der Waals surface area contributed by atoms with Gasteiger partial charge in [-0.25, -0.2) is 0 Å². The van der Waals surface area contributed by atoms with Crippen molar-refractivity contribution in [3.63, 3.8) is 0 Å². The van der Waals surface area contributed by atoms with Gasteiger partial charge in [0, 0.05) is 12.6 Å². The number of primary amides is 1. The van der Waals surface area contributed by atoms with Crippen molar-refractivity contribution in [1.29, 1.82) is 0 Å². The van der Waals surface area contributed by atoms with Crippen molar-refractivity contribution >= 4 is 17.5 Å². The number of nitrogens with two attached hydrogens (primary N) is 1. The maximum atomic E-state index is 11.8. The molecule has 110 valence electrons. The average Bonchev–Trinajstić information content (AvgIpc) is 2.84. The molecule has 0 aliphatic carbocycles. The molecule has 1 aromatic heterocycles. The number of aromatic nitrogens is 2. The maximum Gasteiger partial charge on any atom is 0.239 e. The third-order valence-electron chi connectivity index (χ3n) is 3.41. The fourth-order valence-electron chi connectivity index (χ4n) is 2.40. The van der Waals surface area contributed by atoms with Gasteiger partial charge in [-0.05, 0) is 38.3 Å². The minimum Gasteiger partial charge on any atom is -0.368 e. The number of carbonyl (C=O) groups is 2. The number of piperidine rings is 1. The summed E-state index contributed by atoms with van der Waals surface area (Å²) >= 11 is 0. The van der Waals surface area contributed by atoms with Crippen LogP contribution in [0.5, 0.6) is 0 Å². The van der Waals surface area contributed by atoms with Crippen LogP contribution in [0.1, 0.15) is 25.7 Å². The highest BCUT2D eigenvalue weighted by Gasteiger charge is 2.14. The summed E-state index contributed by atoms with van der Waals surface area (Å²) in [6, 6.07) is 0. The molecule has 1 unspecified atom stereocenters. The van der Waals surface area contributed by atoms with Crippen LogP contribution in [0.25, 0.3) is 0 Å². The molecular weight excluding hydrogens is 258 g/mol. The summed E-state index contributed by atoms with van der Waals surface area (Å²) in [6.07, 6.45) is 6.90. The number of nitrogens with zero attached hydrogens (tertiary/aromatic N) is 2. The van der Waals surface area contributed by atoms with Crippen LogP contribution in [-0.2, 0) is 16.1 Å². The standard InChI is InChI=1S/C13H21N5O2/c14-12(19)9-18-8-11(7-16-18)17-13(20)4-3-10-2-1-5-15-6-10/h7-8,10,15H,1-6,9H2,(H2,14,19)(H,17,20). The lowest BCUT2D eigenvalue weighted by Crippen LogP contribution is -2.30. The van der Waals surface area contributed by atoms with Crippen LogP contribution in [0.2, 0.25) is 0 Å². The third-order valence-corrected chi connectivity index (χ3v) is 3.41. The van der Waals surface area contributed by atoms with Gasteiger partial charge in [-0.1, -0.05) is 0 Å². The number of carbonyl (C=O) groups excluding carboxylic acids is 2. The second kappa shape index (κ2) is 7.04. The summed E-state index contributed by atoms with van der Waals surface area (Å²) < 4.78 is 1.41. The Hall–Kier alpha value is -1.89. The van der Waals surface area contributed by atoms with Gasteiger partial charge in [0.25, 0.3) is 0 Å². The van der Waals surface area contributed by atoms with E-state index in [1.807, 2.05) is 0 Å². The molecule has 2 heterocycles. The Labute approximate surface area is 117 Å². The molecule has 1 saturated heterocycles. The molecule has 0 radical (unpaired) electrons. The predicted molar refractivity (Wildman–Crippen MR) is 74.9 cm³/mol. The average molecular weight is 279 g/mol. The Morgan fingerprint density at radius 1 is 1.55 bits per heavy atom. The zero-order valence-electron chi connectivity index (χ0n) is 11.5. The molecule has 7 heteroatoms. The van der Waals surface area contributed by atoms with Crippen LogP contribution in [0.3, 0.4) is 0 Å². The SMILES string of the molecule is NC(=O)Cn1cc(NC(=O)CCC2CCCNC2)cn1. The summed E-state index contributed by atoms with van der Waals surface area (Å²) in [7, 11) is 0. The highest BCUT2D eigenvalue weighted by atomic mass is 16.2. The van der Waals surface area contributed by atoms with Crippen molar-refractivity contribution in [2.24, 2.45) is 11.7 Å². The van der Waals surface area contributed by atoms with Gasteiger partial charge in [0.1, 0.15) is 6.54 Å². The third kappa shape index (κ3) is 4.65. The van der Waals surface area contributed by atoms with Crippen LogP contribution in [0.4, 0.5) is 5.69 Å². The van der Waals surface area contributed by atoms with Crippen LogP contribution in [0, 0.1) is 5.92 Å². The molecule has 1 aliphatic rings. The lowest BCUT2D eigenvalue weighted by molar-refractivity contribution is -0.119. The van der Waals surface area contributed by atoms with Crippen molar-refractivity contribution < 1.29 is 9.59 Å². The van der Waals surface area contributed by atoms with Gasteiger partial charge in [0.2, 0.25) is 11.8 Å². The Kier molecular flexibility index (Phi) is 5.11. The lowest BCUT2D eigenvalue weighted by Gasteiger charge is -2.22. The van der Waals surface area contributed by atoms with E-state index in [-0.39, 0.29) is 12.5 Å². The first-order chi connectivity index (χ1) is 9.63. The highest BCUT2D eigenvalue weighted by Crippen LogP contribution is 2.16. The van der Waals surface area contributed by atoms with Gasteiger partial charge in [0.15, 0.2) is 0 Å². The van der Waals surface area contributed by atoms with E-state index in [9.17, 15) is 9.59 Å². The molecular formula is C13H21N5O2. The quantitative estimate of drug-likeness (QED) is 0.686. The maximum absolute atomic E-state index is 11.8. The number of rotatable bonds is 6. The lowest BCUT2D eigenvalue weighted by atomic mass is 9.94. The van der Waals surface area contributed by atoms with Crippen LogP contribution in [0.15, 0.2) is 12.4 Å². The Morgan fingerprint density at radius 2 is 2.40 bits per heavy atom. The van der Waals surface area contributed by atoms with Crippen molar-refractivity contribution in [3.05, 3.63) is 12.4 Å². The van der Waals surface area contributed by atoms with Gasteiger partial charge in [-0.15, -0.1) is 0 Å². The molecule has 0 bridgehead atoms. The van der Waals surface area contributed by atoms with Crippen molar-refractivity contribution in [1.82, 2.24) is 15.1 Å². The molecule has 7 nitrogen and oxygen atoms in total. The zero-order valence-corrected chi connectivity index (χ0v) is 11.5. The van der Waals surface area contributed by atoms with Crippen LogP contribution < -0.4 is 16.4 Å². The number of amides is 2. The fraction of sp³-hybridized carbons (Fsp3) is 0.615. The number of nitrogens with one attached hydrogen (secondary N) is 2. The van der Waals surface area contributed by atoms with E-state index in [0.717, 1.165) is 19.5 Å². The fourth-order valence-corrected chi connectivity index (χ4v) is 2.40. The minimum atomic E-state index is -0.462. The molecule has 0 saturated carbocycles.